The Labute approximate surface area is 173 Å². The molecule has 0 radical (unpaired) electrons. The van der Waals surface area contributed by atoms with Crippen LogP contribution < -0.4 is 0 Å². The molecule has 1 aromatic heterocycles. The van der Waals surface area contributed by atoms with Crippen LogP contribution in [-0.4, -0.2) is 52.8 Å². The van der Waals surface area contributed by atoms with Gasteiger partial charge in [-0.15, -0.1) is 11.3 Å². The third-order valence-electron chi connectivity index (χ3n) is 4.79. The number of unbranched alkanes of at least 4 members (excludes halogenated alkanes) is 1. The van der Waals surface area contributed by atoms with Gasteiger partial charge in [0, 0.05) is 26.2 Å². The highest BCUT2D eigenvalue weighted by Gasteiger charge is 2.28. The lowest BCUT2D eigenvalue weighted by Gasteiger charge is -2.34. The summed E-state index contributed by atoms with van der Waals surface area (Å²) in [4.78, 5) is 34.1. The van der Waals surface area contributed by atoms with Crippen LogP contribution in [0.1, 0.15) is 50.5 Å². The van der Waals surface area contributed by atoms with Crippen LogP contribution in [0, 0.1) is 12.7 Å². The standard InChI is InChI=1S/C20H23ClFN3O2S/c1-3-4-5-17-23-13(2)18(28-17)20(27)25-10-8-24(9-11-25)19(26)15-7-6-14(22)12-16(15)21/h6-7,12H,3-5,8-11H2,1-2H3. The maximum atomic E-state index is 13.2. The van der Waals surface area contributed by atoms with E-state index >= 15 is 0 Å². The molecule has 2 heterocycles. The fourth-order valence-electron chi connectivity index (χ4n) is 3.18. The summed E-state index contributed by atoms with van der Waals surface area (Å²) in [6.07, 6.45) is 3.05. The molecule has 0 N–H and O–H groups in total. The Bertz CT molecular complexity index is 878. The van der Waals surface area contributed by atoms with Gasteiger partial charge in [-0.05, 0) is 38.0 Å². The smallest absolute Gasteiger partial charge is 0.265 e. The Morgan fingerprint density at radius 1 is 1.18 bits per heavy atom. The Morgan fingerprint density at radius 3 is 2.43 bits per heavy atom. The topological polar surface area (TPSA) is 53.5 Å². The maximum Gasteiger partial charge on any atom is 0.265 e. The fourth-order valence-corrected chi connectivity index (χ4v) is 4.50. The molecule has 150 valence electrons. The molecular weight excluding hydrogens is 401 g/mol. The molecule has 0 bridgehead atoms. The summed E-state index contributed by atoms with van der Waals surface area (Å²) in [5, 5.41) is 1.10. The monoisotopic (exact) mass is 423 g/mol. The first-order valence-corrected chi connectivity index (χ1v) is 10.6. The number of aryl methyl sites for hydroxylation is 2. The Balaban J connectivity index is 1.62. The van der Waals surface area contributed by atoms with Gasteiger partial charge in [-0.2, -0.15) is 0 Å². The van der Waals surface area contributed by atoms with E-state index in [1.807, 2.05) is 6.92 Å². The molecule has 1 aromatic carbocycles. The summed E-state index contributed by atoms with van der Waals surface area (Å²) in [6.45, 7) is 5.73. The van der Waals surface area contributed by atoms with E-state index in [2.05, 4.69) is 11.9 Å². The van der Waals surface area contributed by atoms with Crippen LogP contribution in [0.2, 0.25) is 5.02 Å². The van der Waals surface area contributed by atoms with Gasteiger partial charge >= 0.3 is 0 Å². The molecule has 8 heteroatoms. The van der Waals surface area contributed by atoms with Gasteiger partial charge in [-0.1, -0.05) is 24.9 Å². The van der Waals surface area contributed by atoms with Crippen LogP contribution in [0.5, 0.6) is 0 Å². The van der Waals surface area contributed by atoms with Crippen molar-refractivity contribution in [3.63, 3.8) is 0 Å². The van der Waals surface area contributed by atoms with E-state index in [1.54, 1.807) is 9.80 Å². The van der Waals surface area contributed by atoms with Gasteiger partial charge in [0.2, 0.25) is 0 Å². The normalized spacial score (nSPS) is 14.4. The number of benzene rings is 1. The van der Waals surface area contributed by atoms with Crippen molar-refractivity contribution in [3.05, 3.63) is 50.2 Å². The molecule has 28 heavy (non-hydrogen) atoms. The minimum Gasteiger partial charge on any atom is -0.335 e. The summed E-state index contributed by atoms with van der Waals surface area (Å²) in [5.41, 5.74) is 1.06. The average molecular weight is 424 g/mol. The van der Waals surface area contributed by atoms with Crippen molar-refractivity contribution in [2.45, 2.75) is 33.1 Å². The van der Waals surface area contributed by atoms with Gasteiger partial charge in [0.05, 0.1) is 21.3 Å². The number of amides is 2. The van der Waals surface area contributed by atoms with E-state index in [4.69, 9.17) is 11.6 Å². The number of halogens is 2. The number of thiazole rings is 1. The number of carbonyl (C=O) groups excluding carboxylic acids is 2. The lowest BCUT2D eigenvalue weighted by Crippen LogP contribution is -2.50. The first-order chi connectivity index (χ1) is 13.4. The molecule has 1 aliphatic rings. The van der Waals surface area contributed by atoms with Gasteiger partial charge in [-0.25, -0.2) is 9.37 Å². The van der Waals surface area contributed by atoms with Gasteiger partial charge < -0.3 is 9.80 Å². The number of rotatable bonds is 5. The van der Waals surface area contributed by atoms with Gasteiger partial charge in [-0.3, -0.25) is 9.59 Å². The van der Waals surface area contributed by atoms with Crippen LogP contribution in [0.4, 0.5) is 4.39 Å². The number of piperazine rings is 1. The van der Waals surface area contributed by atoms with Crippen LogP contribution in [0.3, 0.4) is 0 Å². The SMILES string of the molecule is CCCCc1nc(C)c(C(=O)N2CCN(C(=O)c3ccc(F)cc3Cl)CC2)s1. The van der Waals surface area contributed by atoms with Crippen molar-refractivity contribution < 1.29 is 14.0 Å². The van der Waals surface area contributed by atoms with Gasteiger partial charge in [0.25, 0.3) is 11.8 Å². The second-order valence-electron chi connectivity index (χ2n) is 6.83. The van der Waals surface area contributed by atoms with Crippen molar-refractivity contribution in [3.8, 4) is 0 Å². The van der Waals surface area contributed by atoms with Gasteiger partial charge in [0.15, 0.2) is 0 Å². The molecule has 1 saturated heterocycles. The van der Waals surface area contributed by atoms with E-state index in [0.717, 1.165) is 36.0 Å². The molecule has 5 nitrogen and oxygen atoms in total. The molecule has 1 fully saturated rings. The highest BCUT2D eigenvalue weighted by atomic mass is 35.5. The fraction of sp³-hybridized carbons (Fsp3) is 0.450. The van der Waals surface area contributed by atoms with Crippen LogP contribution in [0.15, 0.2) is 18.2 Å². The predicted octanol–water partition coefficient (Wildman–Crippen LogP) is 4.18. The van der Waals surface area contributed by atoms with E-state index in [1.165, 1.54) is 23.5 Å². The number of hydrogen-bond acceptors (Lipinski definition) is 4. The molecule has 1 aliphatic heterocycles. The Morgan fingerprint density at radius 2 is 1.82 bits per heavy atom. The van der Waals surface area contributed by atoms with E-state index in [9.17, 15) is 14.0 Å². The maximum absolute atomic E-state index is 13.2. The van der Waals surface area contributed by atoms with E-state index in [0.29, 0.717) is 31.1 Å². The minimum absolute atomic E-state index is 0.0235. The molecule has 0 aliphatic carbocycles. The zero-order valence-corrected chi connectivity index (χ0v) is 17.6. The zero-order valence-electron chi connectivity index (χ0n) is 16.0. The quantitative estimate of drug-likeness (QED) is 0.724. The molecule has 0 unspecified atom stereocenters. The molecule has 0 saturated carbocycles. The number of aromatic nitrogens is 1. The zero-order chi connectivity index (χ0) is 20.3. The van der Waals surface area contributed by atoms with Crippen LogP contribution in [-0.2, 0) is 6.42 Å². The van der Waals surface area contributed by atoms with Crippen LogP contribution >= 0.6 is 22.9 Å². The second kappa shape index (κ2) is 9.01. The summed E-state index contributed by atoms with van der Waals surface area (Å²) in [5.74, 6) is -0.743. The summed E-state index contributed by atoms with van der Waals surface area (Å²) in [6, 6.07) is 3.76. The van der Waals surface area contributed by atoms with Gasteiger partial charge in [0.1, 0.15) is 10.7 Å². The number of nitrogens with zero attached hydrogens (tertiary/aromatic N) is 3. The van der Waals surface area contributed by atoms with Crippen molar-refractivity contribution in [1.29, 1.82) is 0 Å². The highest BCUT2D eigenvalue weighted by molar-refractivity contribution is 7.13. The van der Waals surface area contributed by atoms with Crippen molar-refractivity contribution in [2.75, 3.05) is 26.2 Å². The van der Waals surface area contributed by atoms with E-state index in [-0.39, 0.29) is 22.4 Å². The largest absolute Gasteiger partial charge is 0.335 e. The Kier molecular flexibility index (Phi) is 6.67. The second-order valence-corrected chi connectivity index (χ2v) is 8.33. The molecule has 2 aromatic rings. The summed E-state index contributed by atoms with van der Waals surface area (Å²) < 4.78 is 13.2. The molecule has 0 atom stereocenters. The number of carbonyl (C=O) groups is 2. The molecule has 0 spiro atoms. The summed E-state index contributed by atoms with van der Waals surface area (Å²) in [7, 11) is 0. The third-order valence-corrected chi connectivity index (χ3v) is 6.31. The first-order valence-electron chi connectivity index (χ1n) is 9.40. The van der Waals surface area contributed by atoms with Crippen molar-refractivity contribution in [1.82, 2.24) is 14.8 Å². The van der Waals surface area contributed by atoms with Crippen molar-refractivity contribution >= 4 is 34.8 Å². The lowest BCUT2D eigenvalue weighted by molar-refractivity contribution is 0.0537. The minimum atomic E-state index is -0.477. The van der Waals surface area contributed by atoms with Crippen molar-refractivity contribution in [2.24, 2.45) is 0 Å². The molecule has 3 rings (SSSR count). The third kappa shape index (κ3) is 4.52. The highest BCUT2D eigenvalue weighted by Crippen LogP contribution is 2.23. The first kappa shape index (κ1) is 20.7. The van der Waals surface area contributed by atoms with E-state index < -0.39 is 5.82 Å². The summed E-state index contributed by atoms with van der Waals surface area (Å²) >= 11 is 7.47. The van der Waals surface area contributed by atoms with Crippen LogP contribution in [0.25, 0.3) is 0 Å². The number of hydrogen-bond donors (Lipinski definition) is 0. The average Bonchev–Trinajstić information content (AvgIpc) is 3.06. The molecule has 2 amide bonds. The Hall–Kier alpha value is -1.99. The lowest BCUT2D eigenvalue weighted by atomic mass is 10.1. The molecular formula is C20H23ClFN3O2S. The predicted molar refractivity (Wildman–Crippen MR) is 109 cm³/mol.